The van der Waals surface area contributed by atoms with Gasteiger partial charge in [0.25, 0.3) is 0 Å². The number of carbonyl (C=O) groups is 2. The first kappa shape index (κ1) is 55.1. The van der Waals surface area contributed by atoms with Crippen molar-refractivity contribution >= 4 is 29.0 Å². The average molecular weight is 1070 g/mol. The molecule has 76 heavy (non-hydrogen) atoms. The maximum absolute atomic E-state index is 13.0. The monoisotopic (exact) mass is 1070 g/mol. The third-order valence-electron chi connectivity index (χ3n) is 12.5. The topological polar surface area (TPSA) is 412 Å². The number of ether oxygens (including phenoxy) is 9. The fourth-order valence-electron chi connectivity index (χ4n) is 8.25. The fourth-order valence-corrected chi connectivity index (χ4v) is 8.25. The van der Waals surface area contributed by atoms with E-state index in [4.69, 9.17) is 47.0 Å². The van der Waals surface area contributed by atoms with E-state index in [0.717, 1.165) is 24.3 Å². The summed E-state index contributed by atoms with van der Waals surface area (Å²) < 4.78 is 58.1. The molecule has 26 heteroatoms. The van der Waals surface area contributed by atoms with Gasteiger partial charge in [-0.05, 0) is 60.2 Å². The number of phenols is 5. The summed E-state index contributed by atoms with van der Waals surface area (Å²) in [5, 5.41) is 149. The van der Waals surface area contributed by atoms with Crippen LogP contribution in [0.5, 0.6) is 46.0 Å². The minimum absolute atomic E-state index is 0.0169. The van der Waals surface area contributed by atoms with E-state index in [0.29, 0.717) is 0 Å². The predicted molar refractivity (Wildman–Crippen MR) is 251 cm³/mol. The van der Waals surface area contributed by atoms with Crippen LogP contribution in [0.3, 0.4) is 0 Å². The highest BCUT2D eigenvalue weighted by molar-refractivity contribution is 5.90. The Kier molecular flexibility index (Phi) is 17.0. The van der Waals surface area contributed by atoms with Crippen LogP contribution in [-0.4, -0.2) is 202 Å². The molecule has 8 rings (SSSR count). The number of fused-ring (bicyclic) bond motifs is 1. The zero-order valence-corrected chi connectivity index (χ0v) is 39.6. The van der Waals surface area contributed by atoms with Crippen LogP contribution >= 0.6 is 0 Å². The molecule has 15 atom stereocenters. The molecule has 0 saturated carbocycles. The van der Waals surface area contributed by atoms with Gasteiger partial charge in [0.15, 0.2) is 35.4 Å². The highest BCUT2D eigenvalue weighted by Gasteiger charge is 2.53. The fraction of sp³-hybridized carbons (Fsp3) is 0.380. The van der Waals surface area contributed by atoms with E-state index in [1.54, 1.807) is 0 Å². The average Bonchev–Trinajstić information content (AvgIpc) is 3.42. The molecule has 0 radical (unpaired) electrons. The highest BCUT2D eigenvalue weighted by atomic mass is 16.8. The molecule has 1 aromatic heterocycles. The predicted octanol–water partition coefficient (Wildman–Crippen LogP) is -0.772. The van der Waals surface area contributed by atoms with Gasteiger partial charge >= 0.3 is 23.3 Å². The van der Waals surface area contributed by atoms with E-state index in [1.165, 1.54) is 73.8 Å². The highest BCUT2D eigenvalue weighted by Crippen LogP contribution is 2.44. The lowest BCUT2D eigenvalue weighted by Crippen LogP contribution is -2.65. The van der Waals surface area contributed by atoms with Crippen LogP contribution in [0.25, 0.3) is 28.4 Å². The number of esters is 2. The van der Waals surface area contributed by atoms with Crippen molar-refractivity contribution in [3.05, 3.63) is 96.1 Å². The van der Waals surface area contributed by atoms with Crippen LogP contribution in [0, 0.1) is 0 Å². The largest absolute Gasteiger partial charge is 0.508 e. The SMILES string of the molecule is COc1cc(-c2[o+]c3cc(O)cc(O[C@@H]4O[C@H](CO)[C@@H](O)[C@H](O)[C@H]4O)c3cc2O[C@@H]2O[C@H](COC(=O)/C=C/c3ccc(O)c(O)c3)[C@@H](O)[C@H](O)[C@H]2O[C@@H]2O[C@H](COC(=O)c3ccc(O)cc3)[C@@H](O)[C@H](O)[C@H]2O)ccc1O. The molecule has 3 fully saturated rings. The van der Waals surface area contributed by atoms with Crippen molar-refractivity contribution in [1.29, 1.82) is 0 Å². The Morgan fingerprint density at radius 2 is 1.20 bits per heavy atom. The van der Waals surface area contributed by atoms with E-state index in [2.05, 4.69) is 0 Å². The van der Waals surface area contributed by atoms with Crippen LogP contribution in [0.1, 0.15) is 15.9 Å². The molecule has 0 bridgehead atoms. The molecule has 26 nitrogen and oxygen atoms in total. The summed E-state index contributed by atoms with van der Waals surface area (Å²) in [5.74, 6) is -4.87. The Bertz CT molecular complexity index is 2880. The number of benzene rings is 4. The second-order valence-electron chi connectivity index (χ2n) is 17.6. The van der Waals surface area contributed by atoms with Gasteiger partial charge in [0.1, 0.15) is 103 Å². The Morgan fingerprint density at radius 3 is 1.88 bits per heavy atom. The second kappa shape index (κ2) is 23.4. The number of phenolic OH excluding ortho intramolecular Hbond substituents is 5. The lowest BCUT2D eigenvalue weighted by molar-refractivity contribution is -0.357. The smallest absolute Gasteiger partial charge is 0.402 e. The molecular weight excluding hydrogens is 1020 g/mol. The second-order valence-corrected chi connectivity index (χ2v) is 17.6. The number of hydrogen-bond acceptors (Lipinski definition) is 25. The summed E-state index contributed by atoms with van der Waals surface area (Å²) in [5.41, 5.74) is 0.168. The quantitative estimate of drug-likeness (QED) is 0.0250. The van der Waals surface area contributed by atoms with Gasteiger partial charge < -0.3 is 114 Å². The maximum Gasteiger partial charge on any atom is 0.402 e. The third-order valence-corrected chi connectivity index (χ3v) is 12.5. The minimum Gasteiger partial charge on any atom is -0.508 e. The van der Waals surface area contributed by atoms with Crippen molar-refractivity contribution in [2.24, 2.45) is 0 Å². The van der Waals surface area contributed by atoms with Crippen LogP contribution in [-0.2, 0) is 33.2 Å². The lowest BCUT2D eigenvalue weighted by Gasteiger charge is -2.45. The van der Waals surface area contributed by atoms with Crippen molar-refractivity contribution in [3.63, 3.8) is 0 Å². The summed E-state index contributed by atoms with van der Waals surface area (Å²) in [6.07, 6.45) is -26.4. The van der Waals surface area contributed by atoms with Crippen molar-refractivity contribution in [2.45, 2.75) is 92.1 Å². The summed E-state index contributed by atoms with van der Waals surface area (Å²) in [6, 6.07) is 15.9. The molecule has 0 aliphatic carbocycles. The van der Waals surface area contributed by atoms with Gasteiger partial charge in [-0.25, -0.2) is 14.0 Å². The molecule has 0 spiro atoms. The Hall–Kier alpha value is -7.15. The summed E-state index contributed by atoms with van der Waals surface area (Å²) >= 11 is 0. The molecule has 3 aliphatic heterocycles. The third kappa shape index (κ3) is 11.9. The summed E-state index contributed by atoms with van der Waals surface area (Å²) in [6.45, 7) is -2.38. The van der Waals surface area contributed by atoms with Crippen LogP contribution < -0.4 is 14.2 Å². The van der Waals surface area contributed by atoms with E-state index in [-0.39, 0.29) is 62.2 Å². The molecule has 4 heterocycles. The summed E-state index contributed by atoms with van der Waals surface area (Å²) in [4.78, 5) is 25.8. The van der Waals surface area contributed by atoms with E-state index in [9.17, 15) is 81.1 Å². The Morgan fingerprint density at radius 1 is 0.579 bits per heavy atom. The van der Waals surface area contributed by atoms with E-state index in [1.807, 2.05) is 0 Å². The van der Waals surface area contributed by atoms with E-state index < -0.39 is 141 Å². The number of aromatic hydroxyl groups is 5. The van der Waals surface area contributed by atoms with Crippen molar-refractivity contribution < 1.29 is 128 Å². The summed E-state index contributed by atoms with van der Waals surface area (Å²) in [7, 11) is 1.25. The molecule has 4 aromatic carbocycles. The first-order valence-electron chi connectivity index (χ1n) is 23.1. The molecule has 0 unspecified atom stereocenters. The molecule has 408 valence electrons. The van der Waals surface area contributed by atoms with Gasteiger partial charge in [-0.3, -0.25) is 0 Å². The van der Waals surface area contributed by atoms with Crippen LogP contribution in [0.2, 0.25) is 0 Å². The van der Waals surface area contributed by atoms with Crippen molar-refractivity contribution in [3.8, 4) is 57.3 Å². The maximum atomic E-state index is 13.0. The van der Waals surface area contributed by atoms with Gasteiger partial charge in [0.05, 0.1) is 30.9 Å². The number of aliphatic hydroxyl groups excluding tert-OH is 9. The number of rotatable bonds is 16. The molecule has 3 aliphatic rings. The zero-order chi connectivity index (χ0) is 54.7. The van der Waals surface area contributed by atoms with Crippen molar-refractivity contribution in [1.82, 2.24) is 0 Å². The van der Waals surface area contributed by atoms with Gasteiger partial charge in [-0.15, -0.1) is 0 Å². The van der Waals surface area contributed by atoms with Gasteiger partial charge in [-0.2, -0.15) is 0 Å². The Balaban J connectivity index is 1.16. The van der Waals surface area contributed by atoms with E-state index >= 15 is 0 Å². The normalized spacial score (nSPS) is 29.7. The van der Waals surface area contributed by atoms with Gasteiger partial charge in [0.2, 0.25) is 18.3 Å². The van der Waals surface area contributed by atoms with Gasteiger partial charge in [-0.1, -0.05) is 6.07 Å². The first-order chi connectivity index (χ1) is 36.2. The molecule has 0 amide bonds. The lowest BCUT2D eigenvalue weighted by atomic mass is 9.97. The van der Waals surface area contributed by atoms with Crippen LogP contribution in [0.15, 0.2) is 89.4 Å². The molecular formula is C50H53O26+. The standard InChI is InChI=1S/C50H52O26/c1-67-31-13-22(6-10-27(31)55)45-32(16-25-29(70-45)14-24(53)15-30(25)71-48-43(64)40(61)37(58)33(17-51)73-48)72-50-46(42(63)39(60)34(75-50)18-68-36(57)11-3-20-2-9-26(54)28(56)12-20)76-49-44(65)41(62)38(59)35(74-49)19-69-47(66)21-4-7-23(52)8-5-21/h2-16,33-35,37-44,46,48-51,58-65H,17-19H2,1H3,(H4-,52,53,54,55,56,57,66)/p+1/t33-,34-,35-,37-,38-,39-,40+,41+,42+,43-,44-,46-,48-,49+,50-/m1/s1. The van der Waals surface area contributed by atoms with Gasteiger partial charge in [0, 0.05) is 24.3 Å². The number of aliphatic hydroxyl groups is 9. The number of hydrogen-bond donors (Lipinski definition) is 14. The van der Waals surface area contributed by atoms with Crippen LogP contribution in [0.4, 0.5) is 0 Å². The molecule has 5 aromatic rings. The minimum atomic E-state index is -2.15. The zero-order valence-electron chi connectivity index (χ0n) is 39.6. The number of carbonyl (C=O) groups excluding carboxylic acids is 2. The molecule has 3 saturated heterocycles. The van der Waals surface area contributed by atoms with Crippen molar-refractivity contribution in [2.75, 3.05) is 26.9 Å². The molecule has 14 N–H and O–H groups in total. The first-order valence-corrected chi connectivity index (χ1v) is 23.1. The Labute approximate surface area is 428 Å². The number of methoxy groups -OCH3 is 1.